The van der Waals surface area contributed by atoms with Gasteiger partial charge < -0.3 is 21.1 Å². The van der Waals surface area contributed by atoms with Gasteiger partial charge in [-0.1, -0.05) is 6.08 Å². The minimum atomic E-state index is -0.158. The van der Waals surface area contributed by atoms with Gasteiger partial charge in [-0.05, 0) is 24.8 Å². The summed E-state index contributed by atoms with van der Waals surface area (Å²) in [5.41, 5.74) is 6.45. The van der Waals surface area contributed by atoms with Crippen molar-refractivity contribution < 1.29 is 9.90 Å². The van der Waals surface area contributed by atoms with E-state index in [2.05, 4.69) is 16.8 Å². The van der Waals surface area contributed by atoms with E-state index in [1.165, 1.54) is 11.3 Å². The fourth-order valence-electron chi connectivity index (χ4n) is 2.38. The van der Waals surface area contributed by atoms with Crippen LogP contribution in [0.25, 0.3) is 0 Å². The lowest BCUT2D eigenvalue weighted by Crippen LogP contribution is -2.36. The number of nitrogens with two attached hydrogens (primary N) is 1. The number of carbonyl (C=O) groups excluding carboxylic acids is 1. The molecule has 4 N–H and O–H groups in total. The number of nitrogens with one attached hydrogen (secondary N) is 1. The van der Waals surface area contributed by atoms with Gasteiger partial charge in [0, 0.05) is 26.2 Å². The molecule has 6 heteroatoms. The first-order valence-electron chi connectivity index (χ1n) is 6.80. The zero-order valence-electron chi connectivity index (χ0n) is 11.5. The van der Waals surface area contributed by atoms with E-state index in [4.69, 9.17) is 5.73 Å². The number of hydrogen-bond donors (Lipinski definition) is 3. The third-order valence-corrected chi connectivity index (χ3v) is 4.66. The molecule has 1 aliphatic rings. The maximum absolute atomic E-state index is 12.0. The van der Waals surface area contributed by atoms with Gasteiger partial charge in [-0.15, -0.1) is 17.9 Å². The Morgan fingerprint density at radius 1 is 1.70 bits per heavy atom. The van der Waals surface area contributed by atoms with Crippen LogP contribution in [-0.4, -0.2) is 37.3 Å². The standard InChI is InChI=1S/C14H21N3O2S/c1-2-5-16-14(19)13-11(15)7-12(20-13)17-6-3-4-10(8-17)9-18/h2,7,10,18H,1,3-6,8-9,15H2,(H,16,19). The second kappa shape index (κ2) is 6.76. The number of aliphatic hydroxyl groups is 1. The molecule has 20 heavy (non-hydrogen) atoms. The summed E-state index contributed by atoms with van der Waals surface area (Å²) in [5, 5.41) is 13.0. The minimum Gasteiger partial charge on any atom is -0.397 e. The molecule has 0 aromatic carbocycles. The number of amides is 1. The largest absolute Gasteiger partial charge is 0.397 e. The molecular weight excluding hydrogens is 274 g/mol. The van der Waals surface area contributed by atoms with Gasteiger partial charge in [0.05, 0.1) is 10.7 Å². The molecule has 0 aliphatic carbocycles. The number of rotatable bonds is 5. The van der Waals surface area contributed by atoms with Crippen molar-refractivity contribution in [3.05, 3.63) is 23.6 Å². The number of nitrogen functional groups attached to an aromatic ring is 1. The number of thiophene rings is 1. The average Bonchev–Trinajstić information content (AvgIpc) is 2.87. The summed E-state index contributed by atoms with van der Waals surface area (Å²) in [5.74, 6) is 0.152. The molecule has 0 radical (unpaired) electrons. The van der Waals surface area contributed by atoms with Crippen molar-refractivity contribution in [1.82, 2.24) is 5.32 Å². The smallest absolute Gasteiger partial charge is 0.263 e. The monoisotopic (exact) mass is 295 g/mol. The highest BCUT2D eigenvalue weighted by Crippen LogP contribution is 2.34. The molecule has 2 rings (SSSR count). The Hall–Kier alpha value is -1.53. The minimum absolute atomic E-state index is 0.158. The zero-order valence-corrected chi connectivity index (χ0v) is 12.3. The first kappa shape index (κ1) is 14.9. The first-order chi connectivity index (χ1) is 9.65. The number of hydrogen-bond acceptors (Lipinski definition) is 5. The van der Waals surface area contributed by atoms with Crippen LogP contribution in [0.1, 0.15) is 22.5 Å². The van der Waals surface area contributed by atoms with E-state index in [1.807, 2.05) is 6.07 Å². The molecule has 0 saturated carbocycles. The van der Waals surface area contributed by atoms with Gasteiger partial charge >= 0.3 is 0 Å². The fourth-order valence-corrected chi connectivity index (χ4v) is 3.42. The van der Waals surface area contributed by atoms with E-state index in [0.29, 0.717) is 23.0 Å². The van der Waals surface area contributed by atoms with Gasteiger partial charge in [0.25, 0.3) is 5.91 Å². The van der Waals surface area contributed by atoms with E-state index < -0.39 is 0 Å². The lowest BCUT2D eigenvalue weighted by molar-refractivity contribution is 0.0963. The van der Waals surface area contributed by atoms with E-state index in [0.717, 1.165) is 30.9 Å². The fraction of sp³-hybridized carbons (Fsp3) is 0.500. The summed E-state index contributed by atoms with van der Waals surface area (Å²) in [4.78, 5) is 14.7. The lowest BCUT2D eigenvalue weighted by Gasteiger charge is -2.32. The van der Waals surface area contributed by atoms with Crippen LogP contribution in [-0.2, 0) is 0 Å². The molecule has 1 unspecified atom stereocenters. The van der Waals surface area contributed by atoms with Crippen LogP contribution in [0.3, 0.4) is 0 Å². The molecule has 1 fully saturated rings. The molecular formula is C14H21N3O2S. The van der Waals surface area contributed by atoms with Gasteiger partial charge in [-0.2, -0.15) is 0 Å². The molecule has 0 spiro atoms. The molecule has 1 aliphatic heterocycles. The van der Waals surface area contributed by atoms with Crippen LogP contribution >= 0.6 is 11.3 Å². The van der Waals surface area contributed by atoms with Gasteiger partial charge in [-0.25, -0.2) is 0 Å². The molecule has 1 amide bonds. The van der Waals surface area contributed by atoms with Crippen LogP contribution in [0.15, 0.2) is 18.7 Å². The molecule has 2 heterocycles. The van der Waals surface area contributed by atoms with Crippen molar-refractivity contribution >= 4 is 27.9 Å². The highest BCUT2D eigenvalue weighted by Gasteiger charge is 2.23. The van der Waals surface area contributed by atoms with E-state index in [9.17, 15) is 9.90 Å². The summed E-state index contributed by atoms with van der Waals surface area (Å²) < 4.78 is 0. The third-order valence-electron chi connectivity index (χ3n) is 3.45. The van der Waals surface area contributed by atoms with E-state index in [-0.39, 0.29) is 12.5 Å². The predicted octanol–water partition coefficient (Wildman–Crippen LogP) is 1.45. The normalized spacial score (nSPS) is 18.9. The first-order valence-corrected chi connectivity index (χ1v) is 7.61. The topological polar surface area (TPSA) is 78.6 Å². The Kier molecular flexibility index (Phi) is 5.03. The van der Waals surface area contributed by atoms with Crippen LogP contribution in [0.4, 0.5) is 10.7 Å². The van der Waals surface area contributed by atoms with E-state index >= 15 is 0 Å². The average molecular weight is 295 g/mol. The van der Waals surface area contributed by atoms with Crippen LogP contribution < -0.4 is 16.0 Å². The van der Waals surface area contributed by atoms with Gasteiger partial charge in [0.15, 0.2) is 0 Å². The maximum Gasteiger partial charge on any atom is 0.263 e. The van der Waals surface area contributed by atoms with Crippen LogP contribution in [0.5, 0.6) is 0 Å². The van der Waals surface area contributed by atoms with Gasteiger partial charge in [0.2, 0.25) is 0 Å². The lowest BCUT2D eigenvalue weighted by atomic mass is 9.99. The predicted molar refractivity (Wildman–Crippen MR) is 83.3 cm³/mol. The van der Waals surface area contributed by atoms with Crippen molar-refractivity contribution in [3.8, 4) is 0 Å². The highest BCUT2D eigenvalue weighted by atomic mass is 32.1. The molecule has 1 saturated heterocycles. The second-order valence-electron chi connectivity index (χ2n) is 5.00. The number of anilines is 2. The zero-order chi connectivity index (χ0) is 14.5. The maximum atomic E-state index is 12.0. The highest BCUT2D eigenvalue weighted by molar-refractivity contribution is 7.18. The number of piperidine rings is 1. The molecule has 1 aromatic heterocycles. The molecule has 1 aromatic rings. The SMILES string of the molecule is C=CCNC(=O)c1sc(N2CCCC(CO)C2)cc1N. The number of carbonyl (C=O) groups is 1. The Labute approximate surface area is 123 Å². The van der Waals surface area contributed by atoms with Crippen molar-refractivity contribution in [2.24, 2.45) is 5.92 Å². The quantitative estimate of drug-likeness (QED) is 0.719. The van der Waals surface area contributed by atoms with Crippen molar-refractivity contribution in [3.63, 3.8) is 0 Å². The summed E-state index contributed by atoms with van der Waals surface area (Å²) in [6.45, 7) is 5.99. The summed E-state index contributed by atoms with van der Waals surface area (Å²) in [6, 6.07) is 1.85. The summed E-state index contributed by atoms with van der Waals surface area (Å²) in [7, 11) is 0. The molecule has 0 bridgehead atoms. The van der Waals surface area contributed by atoms with Gasteiger partial charge in [-0.3, -0.25) is 4.79 Å². The Morgan fingerprint density at radius 2 is 2.50 bits per heavy atom. The molecule has 5 nitrogen and oxygen atoms in total. The second-order valence-corrected chi connectivity index (χ2v) is 6.04. The van der Waals surface area contributed by atoms with Crippen molar-refractivity contribution in [1.29, 1.82) is 0 Å². The van der Waals surface area contributed by atoms with Crippen LogP contribution in [0, 0.1) is 5.92 Å². The Bertz CT molecular complexity index is 487. The van der Waals surface area contributed by atoms with Crippen LogP contribution in [0.2, 0.25) is 0 Å². The van der Waals surface area contributed by atoms with Crippen molar-refractivity contribution in [2.75, 3.05) is 36.9 Å². The summed E-state index contributed by atoms with van der Waals surface area (Å²) >= 11 is 1.41. The van der Waals surface area contributed by atoms with Crippen molar-refractivity contribution in [2.45, 2.75) is 12.8 Å². The number of nitrogens with zero attached hydrogens (tertiary/aromatic N) is 1. The van der Waals surface area contributed by atoms with E-state index in [1.54, 1.807) is 6.08 Å². The Balaban J connectivity index is 2.10. The van der Waals surface area contributed by atoms with Gasteiger partial charge in [0.1, 0.15) is 4.88 Å². The third kappa shape index (κ3) is 3.32. The molecule has 110 valence electrons. The summed E-state index contributed by atoms with van der Waals surface area (Å²) in [6.07, 6.45) is 3.75. The Morgan fingerprint density at radius 3 is 3.20 bits per heavy atom. The number of aliphatic hydroxyl groups excluding tert-OH is 1. The molecule has 1 atom stereocenters.